The summed E-state index contributed by atoms with van der Waals surface area (Å²) in [5, 5.41) is 0. The predicted octanol–water partition coefficient (Wildman–Crippen LogP) is 13.8. The molecule has 0 radical (unpaired) electrons. The van der Waals surface area contributed by atoms with Gasteiger partial charge in [0.05, 0.1) is 7.59 Å². The highest BCUT2D eigenvalue weighted by molar-refractivity contribution is 7.43. The summed E-state index contributed by atoms with van der Waals surface area (Å²) in [7, 11) is -13.7. The van der Waals surface area contributed by atoms with E-state index in [0.717, 1.165) is 46.7 Å². The average Bonchev–Trinajstić information content (AvgIpc) is 2.63. The summed E-state index contributed by atoms with van der Waals surface area (Å²) in [6, 6.07) is 0. The van der Waals surface area contributed by atoms with Crippen LogP contribution in [0.2, 0.25) is 187 Å². The van der Waals surface area contributed by atoms with E-state index in [1.807, 2.05) is 0 Å². The Morgan fingerprint density at radius 2 is 0.532 bits per heavy atom. The minimum atomic E-state index is -2.10. The summed E-state index contributed by atoms with van der Waals surface area (Å²) in [6.07, 6.45) is 0. The van der Waals surface area contributed by atoms with Crippen molar-refractivity contribution in [2.75, 3.05) is 0 Å². The van der Waals surface area contributed by atoms with Gasteiger partial charge in [0.1, 0.15) is 0 Å². The van der Waals surface area contributed by atoms with Crippen LogP contribution in [0.4, 0.5) is 0 Å². The van der Waals surface area contributed by atoms with Gasteiger partial charge >= 0.3 is 0 Å². The Labute approximate surface area is 314 Å². The molecule has 0 rings (SSSR count). The molecule has 0 aromatic heterocycles. The third-order valence-corrected chi connectivity index (χ3v) is 102. The molecule has 0 aliphatic heterocycles. The zero-order valence-corrected chi connectivity index (χ0v) is 49.9. The summed E-state index contributed by atoms with van der Waals surface area (Å²) < 4.78 is 6.80. The first-order valence-electron chi connectivity index (χ1n) is 19.3. The number of hydrogen-bond acceptors (Lipinski definition) is 0. The topological polar surface area (TPSA) is 14.1 Å². The van der Waals surface area contributed by atoms with E-state index in [1.54, 1.807) is 0 Å². The zero-order chi connectivity index (χ0) is 38.6. The lowest BCUT2D eigenvalue weighted by atomic mass is 10.6. The van der Waals surface area contributed by atoms with Crippen molar-refractivity contribution in [2.45, 2.75) is 215 Å². The number of nitrogens with zero attached hydrogens (tertiary/aromatic N) is 1. The van der Waals surface area contributed by atoms with Crippen LogP contribution in [0, 0.1) is 0 Å². The lowest BCUT2D eigenvalue weighted by Crippen LogP contribution is -2.72. The van der Waals surface area contributed by atoms with E-state index >= 15 is 0 Å². The van der Waals surface area contributed by atoms with Crippen LogP contribution in [0.15, 0.2) is 0 Å². The molecule has 0 aromatic carbocycles. The second-order valence-electron chi connectivity index (χ2n) is 25.1. The average molecular weight is 850 g/mol. The first kappa shape index (κ1) is 49.4. The molecule has 0 aromatic rings. The predicted molar refractivity (Wildman–Crippen MR) is 258 cm³/mol. The fourth-order valence-corrected chi connectivity index (χ4v) is 162. The van der Waals surface area contributed by atoms with Crippen LogP contribution in [0.25, 0.3) is 4.65 Å². The van der Waals surface area contributed by atoms with Crippen LogP contribution in [-0.2, 0) is 0 Å². The Bertz CT molecular complexity index is 964. The molecule has 0 amide bonds. The molecule has 0 saturated carbocycles. The van der Waals surface area contributed by atoms with Crippen molar-refractivity contribution in [3.05, 3.63) is 4.65 Å². The molecular weight excluding hydrogens is 759 g/mol. The van der Waals surface area contributed by atoms with E-state index in [1.165, 1.54) is 0 Å². The van der Waals surface area contributed by atoms with Crippen LogP contribution in [0.5, 0.6) is 0 Å². The highest BCUT2D eigenvalue weighted by Gasteiger charge is 2.63. The molecule has 0 saturated heterocycles. The molecule has 0 aliphatic rings. The van der Waals surface area contributed by atoms with Crippen LogP contribution >= 0.6 is 0 Å². The van der Waals surface area contributed by atoms with Crippen molar-refractivity contribution in [2.24, 2.45) is 0 Å². The monoisotopic (exact) mass is 848 g/mol. The van der Waals surface area contributed by atoms with Crippen molar-refractivity contribution in [1.29, 1.82) is 0 Å². The zero-order valence-electron chi connectivity index (χ0n) is 37.9. The van der Waals surface area contributed by atoms with Crippen molar-refractivity contribution >= 4 is 96.9 Å². The third-order valence-electron chi connectivity index (χ3n) is 11.2. The van der Waals surface area contributed by atoms with Gasteiger partial charge in [0.15, 0.2) is 0 Å². The fourth-order valence-electron chi connectivity index (χ4n) is 13.3. The van der Waals surface area contributed by atoms with E-state index in [2.05, 4.69) is 185 Å². The van der Waals surface area contributed by atoms with E-state index in [9.17, 15) is 0 Å². The Morgan fingerprint density at radius 1 is 0.319 bits per heavy atom. The molecule has 0 N–H and O–H groups in total. The van der Waals surface area contributed by atoms with Gasteiger partial charge in [-0.05, 0) is 23.4 Å². The molecule has 1 nitrogen and oxygen atoms in total. The molecule has 47 heavy (non-hydrogen) atoms. The quantitative estimate of drug-likeness (QED) is 0.146. The summed E-state index contributed by atoms with van der Waals surface area (Å²) in [5.41, 5.74) is 1.61. The Morgan fingerprint density at radius 3 is 0.681 bits per heavy atom. The Hall–Kier alpha value is 2.40. The smallest absolute Gasteiger partial charge is 0.0960 e. The Kier molecular flexibility index (Phi) is 16.4. The maximum absolute atomic E-state index is 6.80. The highest BCUT2D eigenvalue weighted by atomic mass is 29.3. The normalized spacial score (nSPS) is 15.8. The number of rotatable bonds is 15. The van der Waals surface area contributed by atoms with Crippen LogP contribution in [0.3, 0.4) is 0 Å². The van der Waals surface area contributed by atoms with Gasteiger partial charge in [0.25, 0.3) is 0 Å². The first-order valence-corrected chi connectivity index (χ1v) is 56.3. The van der Waals surface area contributed by atoms with E-state index in [-0.39, 0.29) is 0 Å². The molecule has 280 valence electrons. The molecule has 0 fully saturated rings. The van der Waals surface area contributed by atoms with Crippen molar-refractivity contribution in [3.63, 3.8) is 0 Å². The fraction of sp³-hybridized carbons (Fsp3) is 1.00. The van der Waals surface area contributed by atoms with Gasteiger partial charge in [-0.15, -0.1) is 0 Å². The molecule has 0 atom stereocenters. The van der Waals surface area contributed by atoms with Crippen LogP contribution in [-0.4, -0.2) is 96.9 Å². The maximum atomic E-state index is 6.80. The van der Waals surface area contributed by atoms with E-state index in [0.29, 0.717) is 0 Å². The molecule has 0 unspecified atom stereocenters. The lowest BCUT2D eigenvalue weighted by molar-refractivity contribution is 0.975. The lowest BCUT2D eigenvalue weighted by Gasteiger charge is -2.69. The summed E-state index contributed by atoms with van der Waals surface area (Å²) in [6.45, 7) is 77.9. The van der Waals surface area contributed by atoms with Crippen molar-refractivity contribution < 1.29 is 0 Å². The molecule has 0 heterocycles. The van der Waals surface area contributed by atoms with Gasteiger partial charge in [-0.25, -0.2) is 0 Å². The third kappa shape index (κ3) is 11.7. The second-order valence-corrected chi connectivity index (χ2v) is 90.4. The second kappa shape index (κ2) is 15.6. The summed E-state index contributed by atoms with van der Waals surface area (Å²) in [5.74, 6) is 0. The molecule has 0 spiro atoms. The van der Waals surface area contributed by atoms with E-state index < -0.39 is 80.4 Å². The van der Waals surface area contributed by atoms with Crippen molar-refractivity contribution in [3.8, 4) is 0 Å². The van der Waals surface area contributed by atoms with Gasteiger partial charge in [0, 0.05) is 64.6 Å². The molecule has 0 bridgehead atoms. The van der Waals surface area contributed by atoms with Gasteiger partial charge in [-0.3, -0.25) is 0 Å². The van der Waals surface area contributed by atoms with Gasteiger partial charge in [-0.1, -0.05) is 208 Å². The van der Waals surface area contributed by atoms with Gasteiger partial charge in [0.2, 0.25) is 0 Å². The van der Waals surface area contributed by atoms with Crippen LogP contribution < -0.4 is 0 Å². The summed E-state index contributed by atoms with van der Waals surface area (Å²) >= 11 is 0. The SMILES string of the molecule is CC(C)[Si]([N-][Si]#[Si][Si](C(C)C)(C([Si](C)(C)C)[Si](C)(C)C)C([Si](C)(C)C)[Si](C)(C)C)(C([Si](C)(C)C)[Si](C)(C)C)C([Si](C)(C)C)[Si](C)(C)C. The minimum absolute atomic E-state index is 0.747. The van der Waals surface area contributed by atoms with Crippen LogP contribution in [0.1, 0.15) is 27.7 Å². The Balaban J connectivity index is 8.90. The van der Waals surface area contributed by atoms with E-state index in [4.69, 9.17) is 4.65 Å². The number of hydrogen-bond donors (Lipinski definition) is 0. The molecule has 13 heteroatoms. The minimum Gasteiger partial charge on any atom is -0.676 e. The first-order chi connectivity index (χ1) is 20.1. The molecular formula is C34H90NSi12-. The largest absolute Gasteiger partial charge is 0.676 e. The van der Waals surface area contributed by atoms with Gasteiger partial charge < -0.3 is 4.65 Å². The standard InChI is InChI=1S/C34H90NSi12/c1-29(2)46(31(38(5,6)7)39(8,9)10,32(40(11,12)13)41(14,15)16)35-36-37-47(30(3)4,33(42(17,18)19)43(20,21)22)34(44(23,24)25)45(26,27)28/h29-34H,1-28H3/q-1. The highest BCUT2D eigenvalue weighted by Crippen LogP contribution is 2.59. The maximum Gasteiger partial charge on any atom is 0.0960 e. The van der Waals surface area contributed by atoms with Gasteiger partial charge in [-0.2, -0.15) is 8.58 Å². The molecule has 0 aliphatic carbocycles. The summed E-state index contributed by atoms with van der Waals surface area (Å²) in [4.78, 5) is 4.04. The van der Waals surface area contributed by atoms with Crippen molar-refractivity contribution in [1.82, 2.24) is 0 Å².